The fourth-order valence-corrected chi connectivity index (χ4v) is 3.21. The van der Waals surface area contributed by atoms with Gasteiger partial charge in [-0.2, -0.15) is 0 Å². The number of ether oxygens (including phenoxy) is 2. The molecule has 170 valence electrons. The van der Waals surface area contributed by atoms with Crippen LogP contribution in [0.4, 0.5) is 5.69 Å². The lowest BCUT2D eigenvalue weighted by Crippen LogP contribution is -2.32. The van der Waals surface area contributed by atoms with Crippen molar-refractivity contribution in [3.63, 3.8) is 0 Å². The summed E-state index contributed by atoms with van der Waals surface area (Å²) < 4.78 is 17.0. The molecule has 0 bridgehead atoms. The second-order valence-electron chi connectivity index (χ2n) is 7.12. The van der Waals surface area contributed by atoms with Crippen LogP contribution in [0.5, 0.6) is 11.5 Å². The molecule has 9 heteroatoms. The minimum Gasteiger partial charge on any atom is -0.490 e. The molecule has 32 heavy (non-hydrogen) atoms. The van der Waals surface area contributed by atoms with Crippen LogP contribution in [0.2, 0.25) is 5.02 Å². The summed E-state index contributed by atoms with van der Waals surface area (Å²) in [6.07, 6.45) is 0. The van der Waals surface area contributed by atoms with Crippen molar-refractivity contribution in [2.45, 2.75) is 26.8 Å². The van der Waals surface area contributed by atoms with Crippen molar-refractivity contribution in [3.05, 3.63) is 53.4 Å². The topological polar surface area (TPSA) is 89.7 Å². The molecule has 0 saturated carbocycles. The zero-order valence-electron chi connectivity index (χ0n) is 18.6. The Kier molecular flexibility index (Phi) is 8.08. The molecule has 0 spiro atoms. The van der Waals surface area contributed by atoms with Gasteiger partial charge in [0.05, 0.1) is 25.8 Å². The third-order valence-corrected chi connectivity index (χ3v) is 4.99. The van der Waals surface area contributed by atoms with E-state index in [2.05, 4.69) is 15.5 Å². The summed E-state index contributed by atoms with van der Waals surface area (Å²) in [4.78, 5) is 14.4. The fraction of sp³-hybridized carbons (Fsp3) is 0.348. The molecular formula is C23H27ClN4O4. The van der Waals surface area contributed by atoms with Crippen molar-refractivity contribution in [1.29, 1.82) is 0 Å². The van der Waals surface area contributed by atoms with Gasteiger partial charge in [-0.25, -0.2) is 0 Å². The summed E-state index contributed by atoms with van der Waals surface area (Å²) in [7, 11) is 1.82. The number of hydrogen-bond acceptors (Lipinski definition) is 7. The lowest BCUT2D eigenvalue weighted by molar-refractivity contribution is -0.117. The molecule has 0 fully saturated rings. The van der Waals surface area contributed by atoms with E-state index in [0.717, 1.165) is 5.56 Å². The van der Waals surface area contributed by atoms with Gasteiger partial charge < -0.3 is 19.2 Å². The predicted molar refractivity (Wildman–Crippen MR) is 123 cm³/mol. The highest BCUT2D eigenvalue weighted by Gasteiger charge is 2.21. The number of nitrogens with one attached hydrogen (secondary N) is 1. The van der Waals surface area contributed by atoms with Crippen LogP contribution < -0.4 is 14.8 Å². The van der Waals surface area contributed by atoms with Gasteiger partial charge in [0.15, 0.2) is 11.5 Å². The second kappa shape index (κ2) is 11.0. The molecule has 0 aliphatic heterocycles. The van der Waals surface area contributed by atoms with E-state index in [1.165, 1.54) is 0 Å². The molecule has 2 aromatic carbocycles. The molecule has 0 aliphatic rings. The molecule has 0 saturated heterocycles. The number of anilines is 1. The smallest absolute Gasteiger partial charge is 0.247 e. The van der Waals surface area contributed by atoms with Crippen LogP contribution in [0, 0.1) is 0 Å². The van der Waals surface area contributed by atoms with Crippen LogP contribution in [0.15, 0.2) is 46.9 Å². The summed E-state index contributed by atoms with van der Waals surface area (Å²) in [5.41, 5.74) is 1.37. The summed E-state index contributed by atoms with van der Waals surface area (Å²) >= 11 is 6.03. The third-order valence-electron chi connectivity index (χ3n) is 4.75. The van der Waals surface area contributed by atoms with Crippen LogP contribution in [0.3, 0.4) is 0 Å². The van der Waals surface area contributed by atoms with Gasteiger partial charge in [0.2, 0.25) is 17.7 Å². The molecule has 1 unspecified atom stereocenters. The van der Waals surface area contributed by atoms with Gasteiger partial charge in [-0.15, -0.1) is 10.2 Å². The van der Waals surface area contributed by atoms with E-state index in [9.17, 15) is 4.79 Å². The van der Waals surface area contributed by atoms with Crippen LogP contribution in [0.25, 0.3) is 11.5 Å². The lowest BCUT2D eigenvalue weighted by Gasteiger charge is -2.21. The SMILES string of the molecule is CCOc1ccc(NC(=O)CN(C)C(C)c2nnc(-c3cccc(Cl)c3)o2)cc1OCC. The summed E-state index contributed by atoms with van der Waals surface area (Å²) in [6, 6.07) is 12.3. The monoisotopic (exact) mass is 458 g/mol. The van der Waals surface area contributed by atoms with E-state index in [4.69, 9.17) is 25.5 Å². The molecule has 8 nitrogen and oxygen atoms in total. The molecule has 1 aromatic heterocycles. The third kappa shape index (κ3) is 5.99. The number of hydrogen-bond donors (Lipinski definition) is 1. The number of carbonyl (C=O) groups excluding carboxylic acids is 1. The van der Waals surface area contributed by atoms with E-state index in [-0.39, 0.29) is 18.5 Å². The molecule has 1 amide bonds. The average Bonchev–Trinajstić information content (AvgIpc) is 3.25. The maximum Gasteiger partial charge on any atom is 0.247 e. The highest BCUT2D eigenvalue weighted by atomic mass is 35.5. The first kappa shape index (κ1) is 23.6. The first-order valence-electron chi connectivity index (χ1n) is 10.4. The van der Waals surface area contributed by atoms with Crippen molar-refractivity contribution >= 4 is 23.2 Å². The highest BCUT2D eigenvalue weighted by Crippen LogP contribution is 2.31. The Labute approximate surface area is 192 Å². The van der Waals surface area contributed by atoms with Gasteiger partial charge in [-0.3, -0.25) is 9.69 Å². The number of carbonyl (C=O) groups is 1. The van der Waals surface area contributed by atoms with Crippen molar-refractivity contribution in [2.75, 3.05) is 32.1 Å². The minimum absolute atomic E-state index is 0.132. The van der Waals surface area contributed by atoms with Crippen LogP contribution in [0.1, 0.15) is 32.7 Å². The van der Waals surface area contributed by atoms with E-state index in [1.54, 1.807) is 30.3 Å². The van der Waals surface area contributed by atoms with Gasteiger partial charge in [0.25, 0.3) is 0 Å². The summed E-state index contributed by atoms with van der Waals surface area (Å²) in [6.45, 7) is 6.86. The van der Waals surface area contributed by atoms with E-state index in [0.29, 0.717) is 47.2 Å². The second-order valence-corrected chi connectivity index (χ2v) is 7.56. The largest absolute Gasteiger partial charge is 0.490 e. The normalized spacial score (nSPS) is 11.9. The fourth-order valence-electron chi connectivity index (χ4n) is 3.02. The van der Waals surface area contributed by atoms with Crippen molar-refractivity contribution in [1.82, 2.24) is 15.1 Å². The Morgan fingerprint density at radius 2 is 1.88 bits per heavy atom. The molecule has 3 rings (SSSR count). The molecule has 0 aliphatic carbocycles. The average molecular weight is 459 g/mol. The Hall–Kier alpha value is -3.10. The van der Waals surface area contributed by atoms with Crippen molar-refractivity contribution in [3.8, 4) is 23.0 Å². The molecule has 3 aromatic rings. The van der Waals surface area contributed by atoms with Gasteiger partial charge in [-0.05, 0) is 58.2 Å². The van der Waals surface area contributed by atoms with Gasteiger partial charge >= 0.3 is 0 Å². The molecule has 0 radical (unpaired) electrons. The van der Waals surface area contributed by atoms with E-state index < -0.39 is 0 Å². The first-order chi connectivity index (χ1) is 15.4. The summed E-state index contributed by atoms with van der Waals surface area (Å²) in [5, 5.41) is 11.7. The Morgan fingerprint density at radius 3 is 2.59 bits per heavy atom. The van der Waals surface area contributed by atoms with Crippen LogP contribution >= 0.6 is 11.6 Å². The standard InChI is InChI=1S/C23H27ClN4O4/c1-5-30-19-11-10-18(13-20(19)31-6-2)25-21(29)14-28(4)15(3)22-26-27-23(32-22)16-8-7-9-17(24)12-16/h7-13,15H,5-6,14H2,1-4H3,(H,25,29). The molecular weight excluding hydrogens is 432 g/mol. The molecule has 1 heterocycles. The first-order valence-corrected chi connectivity index (χ1v) is 10.8. The minimum atomic E-state index is -0.263. The van der Waals surface area contributed by atoms with Gasteiger partial charge in [0.1, 0.15) is 0 Å². The van der Waals surface area contributed by atoms with Gasteiger partial charge in [-0.1, -0.05) is 17.7 Å². The number of likely N-dealkylation sites (N-methyl/N-ethyl adjacent to an activating group) is 1. The Balaban J connectivity index is 1.62. The molecule has 1 N–H and O–H groups in total. The number of halogens is 1. The maximum atomic E-state index is 12.6. The number of benzene rings is 2. The quantitative estimate of drug-likeness (QED) is 0.465. The Morgan fingerprint density at radius 1 is 1.12 bits per heavy atom. The van der Waals surface area contributed by atoms with E-state index in [1.807, 2.05) is 44.9 Å². The maximum absolute atomic E-state index is 12.6. The molecule has 1 atom stereocenters. The highest BCUT2D eigenvalue weighted by molar-refractivity contribution is 6.30. The predicted octanol–water partition coefficient (Wildman–Crippen LogP) is 4.82. The van der Waals surface area contributed by atoms with E-state index >= 15 is 0 Å². The lowest BCUT2D eigenvalue weighted by atomic mass is 10.2. The van der Waals surface area contributed by atoms with Crippen molar-refractivity contribution in [2.24, 2.45) is 0 Å². The zero-order valence-corrected chi connectivity index (χ0v) is 19.3. The summed E-state index contributed by atoms with van der Waals surface area (Å²) in [5.74, 6) is 1.85. The van der Waals surface area contributed by atoms with Crippen LogP contribution in [-0.2, 0) is 4.79 Å². The van der Waals surface area contributed by atoms with Gasteiger partial charge in [0, 0.05) is 22.3 Å². The zero-order chi connectivity index (χ0) is 23.1. The number of amides is 1. The number of aromatic nitrogens is 2. The van der Waals surface area contributed by atoms with Crippen molar-refractivity contribution < 1.29 is 18.7 Å². The van der Waals surface area contributed by atoms with Crippen LogP contribution in [-0.4, -0.2) is 47.8 Å². The number of nitrogens with zero attached hydrogens (tertiary/aromatic N) is 3. The number of rotatable bonds is 10. The Bertz CT molecular complexity index is 1060.